The third kappa shape index (κ3) is 2.15. The van der Waals surface area contributed by atoms with Crippen LogP contribution in [0.2, 0.25) is 0 Å². The van der Waals surface area contributed by atoms with E-state index in [0.29, 0.717) is 0 Å². The zero-order valence-electron chi connectivity index (χ0n) is 7.89. The number of benzene rings is 1. The number of piperidine rings is 1. The van der Waals surface area contributed by atoms with E-state index < -0.39 is 0 Å². The van der Waals surface area contributed by atoms with E-state index in [4.69, 9.17) is 0 Å². The minimum absolute atomic E-state index is 0.104. The van der Waals surface area contributed by atoms with Gasteiger partial charge in [0, 0.05) is 16.1 Å². The first-order chi connectivity index (χ1) is 6.77. The molecule has 1 atom stereocenters. The van der Waals surface area contributed by atoms with Gasteiger partial charge in [-0.2, -0.15) is 0 Å². The van der Waals surface area contributed by atoms with E-state index in [-0.39, 0.29) is 11.9 Å². The van der Waals surface area contributed by atoms with Gasteiger partial charge in [-0.05, 0) is 37.6 Å². The van der Waals surface area contributed by atoms with E-state index in [1.165, 1.54) is 18.9 Å². The van der Waals surface area contributed by atoms with E-state index in [2.05, 4.69) is 21.2 Å². The minimum atomic E-state index is -0.104. The van der Waals surface area contributed by atoms with Crippen LogP contribution in [-0.4, -0.2) is 6.54 Å². The topological polar surface area (TPSA) is 12.0 Å². The molecule has 0 bridgehead atoms. The smallest absolute Gasteiger partial charge is 0.128 e. The summed E-state index contributed by atoms with van der Waals surface area (Å²) in [4.78, 5) is 0. The second-order valence-electron chi connectivity index (χ2n) is 3.67. The van der Waals surface area contributed by atoms with Crippen molar-refractivity contribution in [1.82, 2.24) is 5.32 Å². The van der Waals surface area contributed by atoms with Crippen LogP contribution in [0.1, 0.15) is 30.9 Å². The summed E-state index contributed by atoms with van der Waals surface area (Å²) < 4.78 is 14.4. The zero-order chi connectivity index (χ0) is 9.97. The van der Waals surface area contributed by atoms with Crippen LogP contribution < -0.4 is 5.32 Å². The quantitative estimate of drug-likeness (QED) is 0.814. The maximum absolute atomic E-state index is 13.5. The molecule has 0 spiro atoms. The van der Waals surface area contributed by atoms with Crippen molar-refractivity contribution in [3.05, 3.63) is 34.1 Å². The molecule has 1 aliphatic heterocycles. The highest BCUT2D eigenvalue weighted by Gasteiger charge is 2.17. The van der Waals surface area contributed by atoms with Gasteiger partial charge in [-0.15, -0.1) is 0 Å². The summed E-state index contributed by atoms with van der Waals surface area (Å²) in [5.74, 6) is -0.104. The van der Waals surface area contributed by atoms with Crippen LogP contribution >= 0.6 is 15.9 Å². The van der Waals surface area contributed by atoms with Crippen molar-refractivity contribution in [3.63, 3.8) is 0 Å². The number of rotatable bonds is 1. The molecule has 1 nitrogen and oxygen atoms in total. The largest absolute Gasteiger partial charge is 0.310 e. The van der Waals surface area contributed by atoms with Crippen molar-refractivity contribution in [1.29, 1.82) is 0 Å². The average molecular weight is 258 g/mol. The SMILES string of the molecule is Fc1ccc(Br)cc1[C@H]1CCCCN1. The standard InChI is InChI=1S/C11H13BrFN/c12-8-4-5-10(13)9(7-8)11-3-1-2-6-14-11/h4-5,7,11,14H,1-3,6H2/t11-/m1/s1. The van der Waals surface area contributed by atoms with Crippen LogP contribution in [0.5, 0.6) is 0 Å². The van der Waals surface area contributed by atoms with Gasteiger partial charge in [-0.3, -0.25) is 0 Å². The summed E-state index contributed by atoms with van der Waals surface area (Å²) in [6.07, 6.45) is 3.42. The first kappa shape index (κ1) is 10.1. The van der Waals surface area contributed by atoms with Gasteiger partial charge >= 0.3 is 0 Å². The lowest BCUT2D eigenvalue weighted by molar-refractivity contribution is 0.400. The fourth-order valence-corrected chi connectivity index (χ4v) is 2.28. The maximum atomic E-state index is 13.5. The van der Waals surface area contributed by atoms with Crippen molar-refractivity contribution >= 4 is 15.9 Å². The molecule has 1 aliphatic rings. The molecule has 14 heavy (non-hydrogen) atoms. The van der Waals surface area contributed by atoms with E-state index in [1.54, 1.807) is 6.07 Å². The molecule has 0 radical (unpaired) electrons. The molecule has 76 valence electrons. The average Bonchev–Trinajstić information content (AvgIpc) is 2.23. The molecule has 2 rings (SSSR count). The monoisotopic (exact) mass is 257 g/mol. The van der Waals surface area contributed by atoms with E-state index >= 15 is 0 Å². The van der Waals surface area contributed by atoms with Crippen LogP contribution in [0.3, 0.4) is 0 Å². The van der Waals surface area contributed by atoms with Gasteiger partial charge in [0.05, 0.1) is 0 Å². The fourth-order valence-electron chi connectivity index (χ4n) is 1.90. The summed E-state index contributed by atoms with van der Waals surface area (Å²) in [5.41, 5.74) is 0.791. The van der Waals surface area contributed by atoms with Gasteiger partial charge in [0.25, 0.3) is 0 Å². The molecule has 1 saturated heterocycles. The van der Waals surface area contributed by atoms with E-state index in [1.807, 2.05) is 6.07 Å². The van der Waals surface area contributed by atoms with Gasteiger partial charge in [-0.1, -0.05) is 22.4 Å². The third-order valence-corrected chi connectivity index (χ3v) is 3.14. The Hall–Kier alpha value is -0.410. The van der Waals surface area contributed by atoms with Crippen molar-refractivity contribution in [2.45, 2.75) is 25.3 Å². The summed E-state index contributed by atoms with van der Waals surface area (Å²) in [6.45, 7) is 0.997. The molecule has 3 heteroatoms. The Kier molecular flexibility index (Phi) is 3.19. The predicted octanol–water partition coefficient (Wildman–Crippen LogP) is 3.40. The second kappa shape index (κ2) is 4.41. The van der Waals surface area contributed by atoms with E-state index in [9.17, 15) is 4.39 Å². The lowest BCUT2D eigenvalue weighted by Gasteiger charge is -2.24. The van der Waals surface area contributed by atoms with Crippen molar-refractivity contribution in [3.8, 4) is 0 Å². The van der Waals surface area contributed by atoms with Crippen LogP contribution in [0, 0.1) is 5.82 Å². The summed E-state index contributed by atoms with van der Waals surface area (Å²) >= 11 is 3.37. The first-order valence-electron chi connectivity index (χ1n) is 4.96. The van der Waals surface area contributed by atoms with Crippen molar-refractivity contribution in [2.75, 3.05) is 6.54 Å². The molecule has 0 aromatic heterocycles. The molecule has 0 aliphatic carbocycles. The highest BCUT2D eigenvalue weighted by atomic mass is 79.9. The first-order valence-corrected chi connectivity index (χ1v) is 5.75. The molecule has 0 amide bonds. The number of halogens is 2. The molecule has 1 N–H and O–H groups in total. The minimum Gasteiger partial charge on any atom is -0.310 e. The van der Waals surface area contributed by atoms with Gasteiger partial charge in [-0.25, -0.2) is 4.39 Å². The van der Waals surface area contributed by atoms with Crippen molar-refractivity contribution in [2.24, 2.45) is 0 Å². The van der Waals surface area contributed by atoms with Crippen LogP contribution in [-0.2, 0) is 0 Å². The molecule has 1 aromatic carbocycles. The Morgan fingerprint density at radius 2 is 2.21 bits per heavy atom. The lowest BCUT2D eigenvalue weighted by atomic mass is 9.97. The van der Waals surface area contributed by atoms with Gasteiger partial charge in [0.1, 0.15) is 5.82 Å². The second-order valence-corrected chi connectivity index (χ2v) is 4.58. The molecule has 1 heterocycles. The van der Waals surface area contributed by atoms with Crippen LogP contribution in [0.25, 0.3) is 0 Å². The maximum Gasteiger partial charge on any atom is 0.128 e. The van der Waals surface area contributed by atoms with Crippen LogP contribution in [0.15, 0.2) is 22.7 Å². The Balaban J connectivity index is 2.24. The van der Waals surface area contributed by atoms with Crippen molar-refractivity contribution < 1.29 is 4.39 Å². The van der Waals surface area contributed by atoms with E-state index in [0.717, 1.165) is 23.0 Å². The Morgan fingerprint density at radius 1 is 1.36 bits per heavy atom. The Morgan fingerprint density at radius 3 is 2.93 bits per heavy atom. The summed E-state index contributed by atoms with van der Waals surface area (Å²) in [5, 5.41) is 3.34. The number of hydrogen-bond donors (Lipinski definition) is 1. The third-order valence-electron chi connectivity index (χ3n) is 2.64. The van der Waals surface area contributed by atoms with Gasteiger partial charge in [0.2, 0.25) is 0 Å². The fraction of sp³-hybridized carbons (Fsp3) is 0.455. The molecular formula is C11H13BrFN. The Labute approximate surface area is 91.8 Å². The predicted molar refractivity (Wildman–Crippen MR) is 58.7 cm³/mol. The lowest BCUT2D eigenvalue weighted by Crippen LogP contribution is -2.27. The summed E-state index contributed by atoms with van der Waals surface area (Å²) in [7, 11) is 0. The molecule has 1 fully saturated rings. The molecule has 0 unspecified atom stereocenters. The van der Waals surface area contributed by atoms with Crippen LogP contribution in [0.4, 0.5) is 4.39 Å². The summed E-state index contributed by atoms with van der Waals surface area (Å²) in [6, 6.07) is 5.33. The highest BCUT2D eigenvalue weighted by molar-refractivity contribution is 9.10. The van der Waals surface area contributed by atoms with Gasteiger partial charge in [0.15, 0.2) is 0 Å². The highest BCUT2D eigenvalue weighted by Crippen LogP contribution is 2.27. The molecule has 1 aromatic rings. The van der Waals surface area contributed by atoms with Gasteiger partial charge < -0.3 is 5.32 Å². The number of hydrogen-bond acceptors (Lipinski definition) is 1. The zero-order valence-corrected chi connectivity index (χ0v) is 9.48. The molecule has 0 saturated carbocycles. The molecular weight excluding hydrogens is 245 g/mol. The normalized spacial score (nSPS) is 22.3. The Bertz CT molecular complexity index is 321. The number of nitrogens with one attached hydrogen (secondary N) is 1.